The van der Waals surface area contributed by atoms with Gasteiger partial charge in [-0.05, 0) is 48.7 Å². The number of carbonyl (C=O) groups is 2. The van der Waals surface area contributed by atoms with Crippen LogP contribution in [0.5, 0.6) is 5.75 Å². The number of methoxy groups -OCH3 is 1. The molecule has 0 saturated heterocycles. The van der Waals surface area contributed by atoms with E-state index in [9.17, 15) is 9.59 Å². The molecule has 0 aliphatic heterocycles. The number of carbonyl (C=O) groups excluding carboxylic acids is 2. The molecule has 136 valence electrons. The van der Waals surface area contributed by atoms with E-state index in [0.717, 1.165) is 29.0 Å². The Bertz CT molecular complexity index is 782. The van der Waals surface area contributed by atoms with Gasteiger partial charge in [-0.2, -0.15) is 0 Å². The number of nitrogens with one attached hydrogen (secondary N) is 2. The van der Waals surface area contributed by atoms with E-state index in [1.165, 1.54) is 6.08 Å². The molecule has 1 atom stereocenters. The quantitative estimate of drug-likeness (QED) is 0.751. The summed E-state index contributed by atoms with van der Waals surface area (Å²) in [5.74, 6) is 0.175. The van der Waals surface area contributed by atoms with Crippen LogP contribution >= 0.6 is 0 Å². The van der Waals surface area contributed by atoms with Crippen molar-refractivity contribution in [3.63, 3.8) is 0 Å². The molecule has 0 aliphatic carbocycles. The van der Waals surface area contributed by atoms with Gasteiger partial charge in [0.2, 0.25) is 11.8 Å². The van der Waals surface area contributed by atoms with Gasteiger partial charge < -0.3 is 15.4 Å². The van der Waals surface area contributed by atoms with Crippen molar-refractivity contribution >= 4 is 23.6 Å². The maximum absolute atomic E-state index is 12.3. The molecule has 5 heteroatoms. The Hall–Kier alpha value is -3.08. The number of aryl methyl sites for hydroxylation is 1. The summed E-state index contributed by atoms with van der Waals surface area (Å²) in [5, 5.41) is 5.53. The Morgan fingerprint density at radius 1 is 1.12 bits per heavy atom. The van der Waals surface area contributed by atoms with E-state index >= 15 is 0 Å². The minimum absolute atomic E-state index is 0.253. The zero-order chi connectivity index (χ0) is 18.9. The van der Waals surface area contributed by atoms with E-state index in [0.29, 0.717) is 0 Å². The minimum Gasteiger partial charge on any atom is -0.497 e. The fourth-order valence-corrected chi connectivity index (χ4v) is 2.41. The van der Waals surface area contributed by atoms with Gasteiger partial charge in [-0.15, -0.1) is 0 Å². The van der Waals surface area contributed by atoms with Crippen LogP contribution in [-0.2, 0) is 16.0 Å². The molecule has 26 heavy (non-hydrogen) atoms. The Morgan fingerprint density at radius 3 is 2.46 bits per heavy atom. The normalized spacial score (nSPS) is 11.8. The highest BCUT2D eigenvalue weighted by molar-refractivity contribution is 6.00. The van der Waals surface area contributed by atoms with Crippen molar-refractivity contribution in [2.75, 3.05) is 12.4 Å². The Kier molecular flexibility index (Phi) is 6.97. The molecule has 2 aromatic carbocycles. The van der Waals surface area contributed by atoms with Crippen LogP contribution in [0.1, 0.15) is 25.0 Å². The van der Waals surface area contributed by atoms with Gasteiger partial charge in [0.15, 0.2) is 0 Å². The van der Waals surface area contributed by atoms with E-state index in [4.69, 9.17) is 4.74 Å². The third-order valence-corrected chi connectivity index (χ3v) is 3.95. The maximum atomic E-state index is 12.3. The van der Waals surface area contributed by atoms with Gasteiger partial charge >= 0.3 is 0 Å². The third kappa shape index (κ3) is 5.48. The highest BCUT2D eigenvalue weighted by Crippen LogP contribution is 2.15. The number of amides is 2. The SMILES string of the molecule is CCc1ccccc1NC(=O)C(C)NC(=O)/C=C/c1ccc(OC)cc1. The highest BCUT2D eigenvalue weighted by Gasteiger charge is 2.15. The highest BCUT2D eigenvalue weighted by atomic mass is 16.5. The van der Waals surface area contributed by atoms with Crippen molar-refractivity contribution < 1.29 is 14.3 Å². The Balaban J connectivity index is 1.90. The molecule has 0 saturated carbocycles. The summed E-state index contributed by atoms with van der Waals surface area (Å²) < 4.78 is 5.09. The number of hydrogen-bond donors (Lipinski definition) is 2. The predicted octanol–water partition coefficient (Wildman–Crippen LogP) is 3.41. The molecule has 2 amide bonds. The van der Waals surface area contributed by atoms with Crippen LogP contribution < -0.4 is 15.4 Å². The lowest BCUT2D eigenvalue weighted by Gasteiger charge is -2.15. The molecular weight excluding hydrogens is 328 g/mol. The Labute approximate surface area is 154 Å². The summed E-state index contributed by atoms with van der Waals surface area (Å²) in [5.41, 5.74) is 2.70. The molecule has 1 unspecified atom stereocenters. The molecule has 0 bridgehead atoms. The fourth-order valence-electron chi connectivity index (χ4n) is 2.41. The lowest BCUT2D eigenvalue weighted by molar-refractivity contribution is -0.123. The number of anilines is 1. The summed E-state index contributed by atoms with van der Waals surface area (Å²) in [4.78, 5) is 24.3. The van der Waals surface area contributed by atoms with Crippen molar-refractivity contribution in [2.45, 2.75) is 26.3 Å². The van der Waals surface area contributed by atoms with Gasteiger partial charge in [-0.25, -0.2) is 0 Å². The van der Waals surface area contributed by atoms with Crippen LogP contribution in [0.15, 0.2) is 54.6 Å². The van der Waals surface area contributed by atoms with E-state index in [2.05, 4.69) is 10.6 Å². The zero-order valence-corrected chi connectivity index (χ0v) is 15.3. The largest absolute Gasteiger partial charge is 0.497 e. The first-order chi connectivity index (χ1) is 12.5. The van der Waals surface area contributed by atoms with Gasteiger partial charge in [0.05, 0.1) is 7.11 Å². The maximum Gasteiger partial charge on any atom is 0.246 e. The smallest absolute Gasteiger partial charge is 0.246 e. The zero-order valence-electron chi connectivity index (χ0n) is 15.3. The second kappa shape index (κ2) is 9.42. The molecule has 0 aromatic heterocycles. The standard InChI is InChI=1S/C21H24N2O3/c1-4-17-7-5-6-8-19(17)23-21(25)15(2)22-20(24)14-11-16-9-12-18(26-3)13-10-16/h5-15H,4H2,1-3H3,(H,22,24)(H,23,25)/b14-11+. The monoisotopic (exact) mass is 352 g/mol. The van der Waals surface area contributed by atoms with Crippen molar-refractivity contribution in [1.82, 2.24) is 5.32 Å². The minimum atomic E-state index is -0.645. The van der Waals surface area contributed by atoms with E-state index in [-0.39, 0.29) is 11.8 Å². The molecule has 2 N–H and O–H groups in total. The summed E-state index contributed by atoms with van der Waals surface area (Å²) in [7, 11) is 1.60. The molecule has 0 aliphatic rings. The van der Waals surface area contributed by atoms with Crippen molar-refractivity contribution in [1.29, 1.82) is 0 Å². The van der Waals surface area contributed by atoms with Crippen LogP contribution in [0.4, 0.5) is 5.69 Å². The van der Waals surface area contributed by atoms with Gasteiger partial charge in [0, 0.05) is 11.8 Å². The van der Waals surface area contributed by atoms with E-state index in [1.807, 2.05) is 55.5 Å². The van der Waals surface area contributed by atoms with Gasteiger partial charge in [-0.3, -0.25) is 9.59 Å². The number of ether oxygens (including phenoxy) is 1. The van der Waals surface area contributed by atoms with Gasteiger partial charge in [0.25, 0.3) is 0 Å². The van der Waals surface area contributed by atoms with Crippen LogP contribution in [0.3, 0.4) is 0 Å². The summed E-state index contributed by atoms with van der Waals surface area (Å²) >= 11 is 0. The molecular formula is C21H24N2O3. The molecule has 5 nitrogen and oxygen atoms in total. The van der Waals surface area contributed by atoms with Crippen LogP contribution in [-0.4, -0.2) is 25.0 Å². The predicted molar refractivity (Wildman–Crippen MR) is 104 cm³/mol. The first kappa shape index (κ1) is 19.2. The topological polar surface area (TPSA) is 67.4 Å². The first-order valence-corrected chi connectivity index (χ1v) is 8.55. The third-order valence-electron chi connectivity index (χ3n) is 3.95. The van der Waals surface area contributed by atoms with Crippen molar-refractivity contribution in [3.05, 3.63) is 65.7 Å². The molecule has 0 heterocycles. The number of para-hydroxylation sites is 1. The van der Waals surface area contributed by atoms with Crippen molar-refractivity contribution in [3.8, 4) is 5.75 Å². The first-order valence-electron chi connectivity index (χ1n) is 8.55. The summed E-state index contributed by atoms with van der Waals surface area (Å²) in [6, 6.07) is 14.3. The summed E-state index contributed by atoms with van der Waals surface area (Å²) in [6.45, 7) is 3.68. The average Bonchev–Trinajstić information content (AvgIpc) is 2.67. The lowest BCUT2D eigenvalue weighted by atomic mass is 10.1. The Morgan fingerprint density at radius 2 is 1.81 bits per heavy atom. The number of benzene rings is 2. The molecule has 2 rings (SSSR count). The summed E-state index contributed by atoms with van der Waals surface area (Å²) in [6.07, 6.45) is 3.92. The van der Waals surface area contributed by atoms with Crippen LogP contribution in [0, 0.1) is 0 Å². The fraction of sp³-hybridized carbons (Fsp3) is 0.238. The van der Waals surface area contributed by atoms with E-state index in [1.54, 1.807) is 20.1 Å². The van der Waals surface area contributed by atoms with Crippen LogP contribution in [0.2, 0.25) is 0 Å². The van der Waals surface area contributed by atoms with E-state index < -0.39 is 6.04 Å². The van der Waals surface area contributed by atoms with Crippen LogP contribution in [0.25, 0.3) is 6.08 Å². The molecule has 0 fully saturated rings. The average molecular weight is 352 g/mol. The number of rotatable bonds is 7. The molecule has 0 radical (unpaired) electrons. The van der Waals surface area contributed by atoms with Gasteiger partial charge in [0.1, 0.15) is 11.8 Å². The second-order valence-corrected chi connectivity index (χ2v) is 5.84. The number of hydrogen-bond acceptors (Lipinski definition) is 3. The second-order valence-electron chi connectivity index (χ2n) is 5.84. The molecule has 0 spiro atoms. The van der Waals surface area contributed by atoms with Gasteiger partial charge in [-0.1, -0.05) is 37.3 Å². The van der Waals surface area contributed by atoms with Crippen molar-refractivity contribution in [2.24, 2.45) is 0 Å². The molecule has 2 aromatic rings. The lowest BCUT2D eigenvalue weighted by Crippen LogP contribution is -2.41.